The van der Waals surface area contributed by atoms with E-state index in [1.165, 1.54) is 34.3 Å². The number of benzene rings is 3. The fourth-order valence-electron chi connectivity index (χ4n) is 9.87. The van der Waals surface area contributed by atoms with E-state index in [9.17, 15) is 27.6 Å². The average Bonchev–Trinajstić information content (AvgIpc) is 4.37. The van der Waals surface area contributed by atoms with Crippen LogP contribution in [0, 0.1) is 6.92 Å². The van der Waals surface area contributed by atoms with Crippen LogP contribution in [0.25, 0.3) is 30.6 Å². The van der Waals surface area contributed by atoms with Crippen LogP contribution in [-0.2, 0) is 6.18 Å². The first-order chi connectivity index (χ1) is 40.2. The predicted molar refractivity (Wildman–Crippen MR) is 334 cm³/mol. The molecule has 0 saturated carbocycles. The van der Waals surface area contributed by atoms with E-state index in [1.807, 2.05) is 90.9 Å². The third-order valence-electron chi connectivity index (χ3n) is 14.0. The van der Waals surface area contributed by atoms with Gasteiger partial charge in [-0.15, -0.1) is 0 Å². The summed E-state index contributed by atoms with van der Waals surface area (Å²) >= 11 is 28.7. The van der Waals surface area contributed by atoms with Crippen LogP contribution in [0.3, 0.4) is 0 Å². The number of carbonyl (C=O) groups is 3. The van der Waals surface area contributed by atoms with Crippen molar-refractivity contribution >= 4 is 162 Å². The number of nitrogens with zero attached hydrogens (tertiary/aromatic N) is 12. The van der Waals surface area contributed by atoms with Crippen LogP contribution >= 0.6 is 80.4 Å². The predicted octanol–water partition coefficient (Wildman–Crippen LogP) is 14.2. The summed E-state index contributed by atoms with van der Waals surface area (Å²) in [5, 5.41) is 12.5. The summed E-state index contributed by atoms with van der Waals surface area (Å²) in [6, 6.07) is 25.0. The summed E-state index contributed by atoms with van der Waals surface area (Å²) in [5.74, 6) is 2.21. The minimum atomic E-state index is -4.42. The van der Waals surface area contributed by atoms with E-state index in [2.05, 4.69) is 61.7 Å². The van der Waals surface area contributed by atoms with Crippen LogP contribution in [0.4, 0.5) is 60.4 Å². The zero-order valence-electron chi connectivity index (χ0n) is 45.5. The Morgan fingerprint density at radius 3 is 1.23 bits per heavy atom. The molecule has 6 aromatic heterocycles. The highest BCUT2D eigenvalue weighted by atomic mass is 35.5. The number of fused-ring (bicyclic) bond motifs is 3. The third kappa shape index (κ3) is 14.2. The Hall–Kier alpha value is -7.06. The normalized spacial score (nSPS) is 17.4. The summed E-state index contributed by atoms with van der Waals surface area (Å²) in [6.45, 7) is 13.5. The Kier molecular flexibility index (Phi) is 18.6. The van der Waals surface area contributed by atoms with Crippen molar-refractivity contribution in [2.45, 2.75) is 52.0 Å². The Morgan fingerprint density at radius 1 is 0.500 bits per heavy atom. The zero-order chi connectivity index (χ0) is 59.4. The fraction of sp³-hybridized carbons (Fsp3) is 0.304. The molecule has 0 aliphatic carbocycles. The highest BCUT2D eigenvalue weighted by Crippen LogP contribution is 2.36. The van der Waals surface area contributed by atoms with Gasteiger partial charge < -0.3 is 29.4 Å². The van der Waals surface area contributed by atoms with Crippen LogP contribution in [0.15, 0.2) is 110 Å². The molecule has 438 valence electrons. The van der Waals surface area contributed by atoms with Gasteiger partial charge in [0.1, 0.15) is 17.5 Å². The van der Waals surface area contributed by atoms with E-state index in [0.29, 0.717) is 105 Å². The van der Waals surface area contributed by atoms with Gasteiger partial charge in [0.2, 0.25) is 0 Å². The first-order valence-electron chi connectivity index (χ1n) is 26.4. The number of pyridine rings is 3. The van der Waals surface area contributed by atoms with Crippen LogP contribution < -0.4 is 30.7 Å². The molecular weight excluding hydrogens is 1230 g/mol. The number of hydrogen-bond acceptors (Lipinski definition) is 15. The van der Waals surface area contributed by atoms with Gasteiger partial charge in [-0.3, -0.25) is 16.0 Å². The topological polar surface area (TPSA) is 184 Å². The number of alkyl halides is 3. The van der Waals surface area contributed by atoms with Crippen molar-refractivity contribution in [3.63, 3.8) is 0 Å². The number of piperazine rings is 3. The number of amides is 6. The summed E-state index contributed by atoms with van der Waals surface area (Å²) in [4.78, 5) is 76.0. The third-order valence-corrected chi connectivity index (χ3v) is 18.0. The van der Waals surface area contributed by atoms with Crippen molar-refractivity contribution in [2.75, 3.05) is 89.6 Å². The molecule has 3 aliphatic rings. The molecule has 0 radical (unpaired) electrons. The van der Waals surface area contributed by atoms with Gasteiger partial charge in [-0.2, -0.15) is 13.2 Å². The summed E-state index contributed by atoms with van der Waals surface area (Å²) in [5.41, 5.74) is 2.58. The summed E-state index contributed by atoms with van der Waals surface area (Å²) in [6.07, 6.45) is 0.708. The molecule has 9 aromatic rings. The van der Waals surface area contributed by atoms with Crippen molar-refractivity contribution < 1.29 is 27.6 Å². The number of urea groups is 3. The molecule has 84 heavy (non-hydrogen) atoms. The second kappa shape index (κ2) is 26.1. The van der Waals surface area contributed by atoms with Gasteiger partial charge in [0.05, 0.1) is 51.3 Å². The molecular formula is C56H54Cl4F3N15O3S3. The maximum absolute atomic E-state index is 12.9. The lowest BCUT2D eigenvalue weighted by Crippen LogP contribution is -2.55. The van der Waals surface area contributed by atoms with Gasteiger partial charge >= 0.3 is 24.3 Å². The van der Waals surface area contributed by atoms with Crippen molar-refractivity contribution in [2.24, 2.45) is 0 Å². The number of aromatic nitrogens is 6. The zero-order valence-corrected chi connectivity index (χ0v) is 50.9. The monoisotopic (exact) mass is 1280 g/mol. The van der Waals surface area contributed by atoms with E-state index >= 15 is 0 Å². The number of carbonyl (C=O) groups excluding carboxylic acids is 3. The molecule has 6 amide bonds. The van der Waals surface area contributed by atoms with E-state index < -0.39 is 11.7 Å². The largest absolute Gasteiger partial charge is 0.416 e. The van der Waals surface area contributed by atoms with Gasteiger partial charge in [-0.05, 0) is 118 Å². The Labute approximate surface area is 513 Å². The molecule has 3 aliphatic heterocycles. The molecule has 3 N–H and O–H groups in total. The highest BCUT2D eigenvalue weighted by molar-refractivity contribution is 7.23. The van der Waals surface area contributed by atoms with Crippen molar-refractivity contribution in [3.8, 4) is 0 Å². The van der Waals surface area contributed by atoms with Gasteiger partial charge in [0.25, 0.3) is 0 Å². The minimum absolute atomic E-state index is 0.0145. The number of nitrogens with one attached hydrogen (secondary N) is 3. The second-order valence-electron chi connectivity index (χ2n) is 20.0. The van der Waals surface area contributed by atoms with Gasteiger partial charge in [0.15, 0.2) is 15.4 Å². The van der Waals surface area contributed by atoms with Crippen LogP contribution in [0.2, 0.25) is 20.1 Å². The van der Waals surface area contributed by atoms with E-state index in [1.54, 1.807) is 41.7 Å². The first kappa shape index (κ1) is 60.1. The number of hydrogen-bond donors (Lipinski definition) is 3. The number of anilines is 6. The Morgan fingerprint density at radius 2 is 0.857 bits per heavy atom. The molecule has 3 aromatic carbocycles. The van der Waals surface area contributed by atoms with Gasteiger partial charge in [-0.25, -0.2) is 44.3 Å². The molecule has 28 heteroatoms. The molecule has 3 fully saturated rings. The molecule has 9 heterocycles. The van der Waals surface area contributed by atoms with E-state index in [4.69, 9.17) is 46.4 Å². The maximum atomic E-state index is 12.9. The van der Waals surface area contributed by atoms with E-state index in [0.717, 1.165) is 55.5 Å². The van der Waals surface area contributed by atoms with Crippen molar-refractivity contribution in [1.82, 2.24) is 44.6 Å². The van der Waals surface area contributed by atoms with Crippen LogP contribution in [0.1, 0.15) is 31.9 Å². The number of rotatable bonds is 6. The lowest BCUT2D eigenvalue weighted by atomic mass is 10.2. The number of thiazole rings is 3. The molecule has 0 bridgehead atoms. The average molecular weight is 1280 g/mol. The Bertz CT molecular complexity index is 3700. The van der Waals surface area contributed by atoms with Crippen LogP contribution in [0.5, 0.6) is 0 Å². The van der Waals surface area contributed by atoms with Gasteiger partial charge in [0, 0.05) is 101 Å². The SMILES string of the molecule is C[C@@H]1CN(c2ncccc2Cl)CCN1C(=O)Nc1nc2ccc(C(F)(F)F)cc2s1.C[C@@H]1CN(c2ncccc2Cl)CCN1C(=O)Nc1nc2ccc(Cl)cc2s1.Cc1ccc2nc(NC(=O)N3CCN(c4ncccc4Cl)C[C@H]3C)sc2c1. The quantitative estimate of drug-likeness (QED) is 0.143. The molecule has 18 nitrogen and oxygen atoms in total. The number of halogens is 7. The minimum Gasteiger partial charge on any atom is -0.352 e. The lowest BCUT2D eigenvalue weighted by molar-refractivity contribution is -0.137. The van der Waals surface area contributed by atoms with Gasteiger partial charge in [-0.1, -0.05) is 86.5 Å². The highest BCUT2D eigenvalue weighted by Gasteiger charge is 2.34. The lowest BCUT2D eigenvalue weighted by Gasteiger charge is -2.40. The summed E-state index contributed by atoms with van der Waals surface area (Å²) < 4.78 is 41.1. The molecule has 0 unspecified atom stereocenters. The van der Waals surface area contributed by atoms with Crippen LogP contribution in [-0.4, -0.2) is 140 Å². The summed E-state index contributed by atoms with van der Waals surface area (Å²) in [7, 11) is 0. The Balaban J connectivity index is 0.000000141. The molecule has 12 rings (SSSR count). The maximum Gasteiger partial charge on any atom is 0.416 e. The van der Waals surface area contributed by atoms with Crippen molar-refractivity contribution in [1.29, 1.82) is 0 Å². The second-order valence-corrected chi connectivity index (χ2v) is 24.8. The standard InChI is InChI=1S/C19H17ClF3N5OS.C19H20ClN5OS.C18H17Cl2N5OS/c1-11-10-27(16-13(20)3-2-6-24-16)7-8-28(11)18(29)26-17-25-14-5-4-12(19(21,22)23)9-15(14)30-17;1-12-5-6-15-16(10-12)27-18(22-15)23-19(26)25-9-8-24(11-13(25)2)17-14(20)4-3-7-21-17;1-11-10-24(16-13(20)3-2-6-21-16)7-8-25(11)18(26)23-17-22-14-5-4-12(19)9-15(14)27-17/h2-6,9,11H,7-8,10H2,1H3,(H,25,26,29);3-7,10,13H,8-9,11H2,1-2H3,(H,22,23,26);2-6,9,11H,7-8,10H2,1H3,(H,22,23,26)/t11-;13-;11-/m111/s1. The molecule has 0 spiro atoms. The molecule has 3 saturated heterocycles. The fourth-order valence-corrected chi connectivity index (χ4v) is 13.6. The van der Waals surface area contributed by atoms with Crippen molar-refractivity contribution in [3.05, 3.63) is 141 Å². The smallest absolute Gasteiger partial charge is 0.352 e. The van der Waals surface area contributed by atoms with E-state index in [-0.39, 0.29) is 41.4 Å². The first-order valence-corrected chi connectivity index (χ1v) is 30.4. The molecule has 3 atom stereocenters. The number of aryl methyl sites for hydroxylation is 1.